The quantitative estimate of drug-likeness (QED) is 0.631. The highest BCUT2D eigenvalue weighted by atomic mass is 16.6. The number of hydrogen-bond acceptors (Lipinski definition) is 4. The Kier molecular flexibility index (Phi) is 4.95. The molecule has 1 atom stereocenters. The van der Waals surface area contributed by atoms with Gasteiger partial charge in [0.05, 0.1) is 24.6 Å². The number of nitrogens with zero attached hydrogens (tertiary/aromatic N) is 1. The average Bonchev–Trinajstić information content (AvgIpc) is 2.61. The van der Waals surface area contributed by atoms with Crippen molar-refractivity contribution in [3.05, 3.63) is 63.7 Å². The van der Waals surface area contributed by atoms with Gasteiger partial charge in [-0.05, 0) is 17.7 Å². The maximum Gasteiger partial charge on any atom is 0.296 e. The van der Waals surface area contributed by atoms with E-state index in [-0.39, 0.29) is 23.8 Å². The van der Waals surface area contributed by atoms with Crippen LogP contribution >= 0.6 is 0 Å². The van der Waals surface area contributed by atoms with Gasteiger partial charge in [0.2, 0.25) is 0 Å². The molecule has 1 aliphatic rings. The Morgan fingerprint density at radius 1 is 1.28 bits per heavy atom. The molecule has 7 heteroatoms. The van der Waals surface area contributed by atoms with E-state index < -0.39 is 4.92 Å². The van der Waals surface area contributed by atoms with Crippen LogP contribution in [0, 0.1) is 10.1 Å². The van der Waals surface area contributed by atoms with Crippen molar-refractivity contribution in [1.29, 1.82) is 0 Å². The number of rotatable bonds is 5. The molecule has 0 fully saturated rings. The second kappa shape index (κ2) is 7.31. The summed E-state index contributed by atoms with van der Waals surface area (Å²) in [5, 5.41) is 13.8. The van der Waals surface area contributed by atoms with Crippen molar-refractivity contribution >= 4 is 17.3 Å². The fraction of sp³-hybridized carbons (Fsp3) is 0.278. The van der Waals surface area contributed by atoms with E-state index in [1.165, 1.54) is 30.4 Å². The van der Waals surface area contributed by atoms with Crippen LogP contribution in [-0.4, -0.2) is 31.0 Å². The largest absolute Gasteiger partial charge is 0.496 e. The Morgan fingerprint density at radius 2 is 2.04 bits per heavy atom. The Morgan fingerprint density at radius 3 is 2.76 bits per heavy atom. The standard InChI is InChI=1S/C18H19N3O4/c1-25-15-6-7-16(17(10-15)21(23)24)19-18(22)12-20-9-8-13-4-2-3-5-14(13)11-20/h2-7,10H,8-9,11-12H2,1H3,(H,19,22)/p+1. The summed E-state index contributed by atoms with van der Waals surface area (Å²) in [5.41, 5.74) is 2.60. The van der Waals surface area contributed by atoms with E-state index in [2.05, 4.69) is 17.4 Å². The van der Waals surface area contributed by atoms with Crippen LogP contribution in [0.25, 0.3) is 0 Å². The molecule has 0 saturated carbocycles. The second-order valence-corrected chi connectivity index (χ2v) is 6.06. The summed E-state index contributed by atoms with van der Waals surface area (Å²) in [6.07, 6.45) is 0.932. The van der Waals surface area contributed by atoms with E-state index in [1.807, 2.05) is 12.1 Å². The first-order chi connectivity index (χ1) is 12.1. The fourth-order valence-corrected chi connectivity index (χ4v) is 3.11. The molecule has 0 aliphatic carbocycles. The number of methoxy groups -OCH3 is 1. The van der Waals surface area contributed by atoms with E-state index in [1.54, 1.807) is 6.07 Å². The van der Waals surface area contributed by atoms with Crippen molar-refractivity contribution in [1.82, 2.24) is 0 Å². The molecule has 0 bridgehead atoms. The first kappa shape index (κ1) is 16.9. The number of carbonyl (C=O) groups is 1. The Labute approximate surface area is 145 Å². The molecule has 1 aliphatic heterocycles. The zero-order valence-corrected chi connectivity index (χ0v) is 14.0. The molecule has 1 amide bonds. The molecule has 0 aromatic heterocycles. The second-order valence-electron chi connectivity index (χ2n) is 6.06. The number of ether oxygens (including phenoxy) is 1. The summed E-state index contributed by atoms with van der Waals surface area (Å²) >= 11 is 0. The normalized spacial score (nSPS) is 16.0. The molecule has 2 N–H and O–H groups in total. The molecular weight excluding hydrogens is 322 g/mol. The molecule has 3 rings (SSSR count). The highest BCUT2D eigenvalue weighted by molar-refractivity contribution is 5.93. The van der Waals surface area contributed by atoms with Crippen LogP contribution in [0.2, 0.25) is 0 Å². The molecule has 2 aromatic carbocycles. The summed E-state index contributed by atoms with van der Waals surface area (Å²) in [7, 11) is 1.44. The maximum absolute atomic E-state index is 12.3. The molecule has 25 heavy (non-hydrogen) atoms. The number of hydrogen-bond donors (Lipinski definition) is 2. The SMILES string of the molecule is COc1ccc(NC(=O)C[NH+]2CCc3ccccc3C2)c([N+](=O)[O-])c1. The third kappa shape index (κ3) is 3.95. The number of nitro benzene ring substituents is 1. The van der Waals surface area contributed by atoms with Crippen molar-refractivity contribution in [2.24, 2.45) is 0 Å². The number of fused-ring (bicyclic) bond motifs is 1. The van der Waals surface area contributed by atoms with Crippen LogP contribution in [0.4, 0.5) is 11.4 Å². The number of quaternary nitrogens is 1. The number of anilines is 1. The monoisotopic (exact) mass is 342 g/mol. The molecule has 130 valence electrons. The smallest absolute Gasteiger partial charge is 0.296 e. The molecule has 7 nitrogen and oxygen atoms in total. The van der Waals surface area contributed by atoms with Gasteiger partial charge in [0, 0.05) is 12.0 Å². The van der Waals surface area contributed by atoms with E-state index in [4.69, 9.17) is 4.74 Å². The van der Waals surface area contributed by atoms with Gasteiger partial charge in [-0.3, -0.25) is 14.9 Å². The van der Waals surface area contributed by atoms with Gasteiger partial charge in [0.15, 0.2) is 6.54 Å². The minimum Gasteiger partial charge on any atom is -0.496 e. The molecule has 0 radical (unpaired) electrons. The number of amides is 1. The summed E-state index contributed by atoms with van der Waals surface area (Å²) in [6.45, 7) is 1.93. The zero-order valence-electron chi connectivity index (χ0n) is 14.0. The highest BCUT2D eigenvalue weighted by Crippen LogP contribution is 2.28. The number of benzene rings is 2. The van der Waals surface area contributed by atoms with E-state index in [0.717, 1.165) is 24.4 Å². The van der Waals surface area contributed by atoms with Gasteiger partial charge in [-0.15, -0.1) is 0 Å². The average molecular weight is 342 g/mol. The fourth-order valence-electron chi connectivity index (χ4n) is 3.11. The Bertz CT molecular complexity index is 807. The van der Waals surface area contributed by atoms with Crippen molar-refractivity contribution in [3.8, 4) is 5.75 Å². The highest BCUT2D eigenvalue weighted by Gasteiger charge is 2.23. The lowest BCUT2D eigenvalue weighted by Gasteiger charge is -2.25. The number of nitro groups is 1. The molecule has 2 aromatic rings. The van der Waals surface area contributed by atoms with Gasteiger partial charge < -0.3 is 15.0 Å². The van der Waals surface area contributed by atoms with Gasteiger partial charge in [0.1, 0.15) is 18.0 Å². The van der Waals surface area contributed by atoms with Gasteiger partial charge in [-0.1, -0.05) is 24.3 Å². The van der Waals surface area contributed by atoms with Crippen LogP contribution in [-0.2, 0) is 17.8 Å². The first-order valence-corrected chi connectivity index (χ1v) is 8.09. The lowest BCUT2D eigenvalue weighted by Crippen LogP contribution is -3.12. The van der Waals surface area contributed by atoms with Crippen LogP contribution < -0.4 is 15.0 Å². The first-order valence-electron chi connectivity index (χ1n) is 8.09. The molecule has 1 heterocycles. The Balaban J connectivity index is 1.66. The summed E-state index contributed by atoms with van der Waals surface area (Å²) in [5.74, 6) is 0.144. The zero-order chi connectivity index (χ0) is 17.8. The van der Waals surface area contributed by atoms with E-state index in [9.17, 15) is 14.9 Å². The molecule has 1 unspecified atom stereocenters. The van der Waals surface area contributed by atoms with Gasteiger partial charge in [0.25, 0.3) is 11.6 Å². The number of carbonyl (C=O) groups excluding carboxylic acids is 1. The minimum absolute atomic E-state index is 0.174. The van der Waals surface area contributed by atoms with Crippen LogP contribution in [0.5, 0.6) is 5.75 Å². The van der Waals surface area contributed by atoms with Crippen molar-refractivity contribution in [2.45, 2.75) is 13.0 Å². The van der Waals surface area contributed by atoms with Gasteiger partial charge in [-0.25, -0.2) is 0 Å². The third-order valence-electron chi connectivity index (χ3n) is 4.39. The molecule has 0 saturated heterocycles. The predicted molar refractivity (Wildman–Crippen MR) is 92.8 cm³/mol. The van der Waals surface area contributed by atoms with Crippen molar-refractivity contribution in [3.63, 3.8) is 0 Å². The topological polar surface area (TPSA) is 85.9 Å². The Hall–Kier alpha value is -2.93. The summed E-state index contributed by atoms with van der Waals surface area (Å²) in [4.78, 5) is 24.1. The van der Waals surface area contributed by atoms with Gasteiger partial charge in [-0.2, -0.15) is 0 Å². The lowest BCUT2D eigenvalue weighted by molar-refractivity contribution is -0.907. The minimum atomic E-state index is -0.526. The predicted octanol–water partition coefficient (Wildman–Crippen LogP) is 1.18. The van der Waals surface area contributed by atoms with E-state index >= 15 is 0 Å². The third-order valence-corrected chi connectivity index (χ3v) is 4.39. The molecular formula is C18H20N3O4+. The van der Waals surface area contributed by atoms with E-state index in [0.29, 0.717) is 5.75 Å². The number of nitrogens with one attached hydrogen (secondary N) is 2. The lowest BCUT2D eigenvalue weighted by atomic mass is 10.00. The van der Waals surface area contributed by atoms with Gasteiger partial charge >= 0.3 is 0 Å². The van der Waals surface area contributed by atoms with Crippen LogP contribution in [0.15, 0.2) is 42.5 Å². The van der Waals surface area contributed by atoms with Crippen LogP contribution in [0.3, 0.4) is 0 Å². The van der Waals surface area contributed by atoms with Crippen molar-refractivity contribution < 1.29 is 19.4 Å². The summed E-state index contributed by atoms with van der Waals surface area (Å²) in [6, 6.07) is 12.6. The van der Waals surface area contributed by atoms with Crippen LogP contribution in [0.1, 0.15) is 11.1 Å². The summed E-state index contributed by atoms with van der Waals surface area (Å²) < 4.78 is 5.00. The maximum atomic E-state index is 12.3. The molecule has 0 spiro atoms. The van der Waals surface area contributed by atoms with Crippen molar-refractivity contribution in [2.75, 3.05) is 25.5 Å².